The molecule has 0 bridgehead atoms. The molecular weight excluding hydrogens is 118 g/mol. The summed E-state index contributed by atoms with van der Waals surface area (Å²) in [6, 6.07) is 0. The maximum atomic E-state index is 10.5. The fourth-order valence-electron chi connectivity index (χ4n) is 0.390. The van der Waals surface area contributed by atoms with Crippen LogP contribution in [-0.4, -0.2) is 19.2 Å². The van der Waals surface area contributed by atoms with Crippen molar-refractivity contribution < 1.29 is 11.0 Å². The van der Waals surface area contributed by atoms with Crippen LogP contribution in [0.5, 0.6) is 0 Å². The van der Waals surface area contributed by atoms with E-state index >= 15 is 0 Å². The van der Waals surface area contributed by atoms with Gasteiger partial charge in [-0.05, 0) is 13.3 Å². The third kappa shape index (κ3) is 5.14. The normalized spacial score (nSPS) is 8.67. The van der Waals surface area contributed by atoms with Crippen molar-refractivity contribution >= 4 is 6.09 Å². The van der Waals surface area contributed by atoms with Crippen LogP contribution in [0.4, 0.5) is 4.79 Å². The second-order valence-corrected chi connectivity index (χ2v) is 1.67. The van der Waals surface area contributed by atoms with Crippen LogP contribution in [0.1, 0.15) is 21.7 Å². The van der Waals surface area contributed by atoms with Gasteiger partial charge in [0, 0.05) is 7.97 Å². The number of ether oxygens (including phenoxy) is 1. The standard InChI is InChI=1S/C6H13NO2.H2/c1-3-5-9-6(8)7-4-2;/h3-5H2,1-2H3,(H,7,8);1H. The van der Waals surface area contributed by atoms with Crippen LogP contribution >= 0.6 is 0 Å². The van der Waals surface area contributed by atoms with Gasteiger partial charge >= 0.3 is 6.09 Å². The van der Waals surface area contributed by atoms with Gasteiger partial charge in [0.2, 0.25) is 0 Å². The van der Waals surface area contributed by atoms with E-state index < -0.39 is 0 Å². The van der Waals surface area contributed by atoms with E-state index in [1.165, 1.54) is 0 Å². The predicted molar refractivity (Wildman–Crippen MR) is 37.4 cm³/mol. The predicted octanol–water partition coefficient (Wildman–Crippen LogP) is 1.39. The van der Waals surface area contributed by atoms with E-state index in [1.54, 1.807) is 0 Å². The molecule has 0 aromatic carbocycles. The third-order valence-electron chi connectivity index (χ3n) is 0.758. The first-order valence-corrected chi connectivity index (χ1v) is 3.21. The van der Waals surface area contributed by atoms with E-state index in [2.05, 4.69) is 10.1 Å². The molecule has 0 saturated carbocycles. The smallest absolute Gasteiger partial charge is 0.407 e. The number of nitrogens with one attached hydrogen (secondary N) is 1. The molecule has 0 aliphatic carbocycles. The SMILES string of the molecule is CCCOC(=O)NCC.[HH]. The van der Waals surface area contributed by atoms with Crippen molar-refractivity contribution in [2.45, 2.75) is 20.3 Å². The van der Waals surface area contributed by atoms with E-state index in [0.29, 0.717) is 13.2 Å². The Labute approximate surface area is 56.9 Å². The minimum Gasteiger partial charge on any atom is -0.450 e. The van der Waals surface area contributed by atoms with Crippen molar-refractivity contribution in [1.82, 2.24) is 5.32 Å². The monoisotopic (exact) mass is 133 g/mol. The van der Waals surface area contributed by atoms with Crippen LogP contribution < -0.4 is 5.32 Å². The van der Waals surface area contributed by atoms with Gasteiger partial charge in [0.05, 0.1) is 6.61 Å². The molecule has 0 fully saturated rings. The van der Waals surface area contributed by atoms with Crippen LogP contribution in [-0.2, 0) is 4.74 Å². The molecule has 0 aromatic heterocycles. The van der Waals surface area contributed by atoms with Crippen LogP contribution in [0.15, 0.2) is 0 Å². The fourth-order valence-corrected chi connectivity index (χ4v) is 0.390. The Kier molecular flexibility index (Phi) is 4.97. The van der Waals surface area contributed by atoms with Gasteiger partial charge in [-0.25, -0.2) is 4.79 Å². The highest BCUT2D eigenvalue weighted by atomic mass is 16.5. The summed E-state index contributed by atoms with van der Waals surface area (Å²) in [6.45, 7) is 4.95. The highest BCUT2D eigenvalue weighted by Gasteiger charge is 1.94. The van der Waals surface area contributed by atoms with Gasteiger partial charge in [-0.1, -0.05) is 6.92 Å². The van der Waals surface area contributed by atoms with Crippen molar-refractivity contribution in [2.24, 2.45) is 0 Å². The Hall–Kier alpha value is -0.730. The van der Waals surface area contributed by atoms with E-state index in [9.17, 15) is 4.79 Å². The topological polar surface area (TPSA) is 38.3 Å². The summed E-state index contributed by atoms with van der Waals surface area (Å²) in [5.41, 5.74) is 0. The highest BCUT2D eigenvalue weighted by Crippen LogP contribution is 1.80. The van der Waals surface area contributed by atoms with Crippen molar-refractivity contribution in [2.75, 3.05) is 13.2 Å². The maximum absolute atomic E-state index is 10.5. The summed E-state index contributed by atoms with van der Waals surface area (Å²) in [5.74, 6) is 0. The molecular formula is C6H15NO2. The second-order valence-electron chi connectivity index (χ2n) is 1.67. The molecule has 0 aliphatic rings. The largest absolute Gasteiger partial charge is 0.450 e. The van der Waals surface area contributed by atoms with Gasteiger partial charge < -0.3 is 10.1 Å². The lowest BCUT2D eigenvalue weighted by Crippen LogP contribution is -2.23. The number of carbonyl (C=O) groups excluding carboxylic acids is 1. The van der Waals surface area contributed by atoms with Crippen molar-refractivity contribution in [3.05, 3.63) is 0 Å². The Morgan fingerprint density at radius 2 is 2.33 bits per heavy atom. The van der Waals surface area contributed by atoms with Crippen LogP contribution in [0.25, 0.3) is 0 Å². The number of rotatable bonds is 3. The first kappa shape index (κ1) is 8.27. The van der Waals surface area contributed by atoms with Crippen molar-refractivity contribution in [3.8, 4) is 0 Å². The summed E-state index contributed by atoms with van der Waals surface area (Å²) in [6.07, 6.45) is 0.552. The van der Waals surface area contributed by atoms with Gasteiger partial charge in [-0.3, -0.25) is 0 Å². The van der Waals surface area contributed by atoms with Gasteiger partial charge in [-0.15, -0.1) is 0 Å². The number of alkyl carbamates (subject to hydrolysis) is 1. The molecule has 1 amide bonds. The van der Waals surface area contributed by atoms with Crippen LogP contribution in [0.2, 0.25) is 0 Å². The molecule has 3 heteroatoms. The summed E-state index contributed by atoms with van der Waals surface area (Å²) in [4.78, 5) is 10.5. The summed E-state index contributed by atoms with van der Waals surface area (Å²) in [5, 5.41) is 2.52. The Morgan fingerprint density at radius 1 is 1.67 bits per heavy atom. The van der Waals surface area contributed by atoms with Gasteiger partial charge in [-0.2, -0.15) is 0 Å². The van der Waals surface area contributed by atoms with Gasteiger partial charge in [0.1, 0.15) is 0 Å². The zero-order valence-corrected chi connectivity index (χ0v) is 5.94. The first-order valence-electron chi connectivity index (χ1n) is 3.21. The maximum Gasteiger partial charge on any atom is 0.407 e. The molecule has 0 aliphatic heterocycles. The van der Waals surface area contributed by atoms with E-state index in [1.807, 2.05) is 13.8 Å². The van der Waals surface area contributed by atoms with E-state index in [-0.39, 0.29) is 7.52 Å². The van der Waals surface area contributed by atoms with Crippen molar-refractivity contribution in [1.29, 1.82) is 0 Å². The molecule has 0 heterocycles. The first-order chi connectivity index (χ1) is 4.31. The van der Waals surface area contributed by atoms with Crippen LogP contribution in [0, 0.1) is 0 Å². The third-order valence-corrected chi connectivity index (χ3v) is 0.758. The molecule has 1 N–H and O–H groups in total. The number of hydrogen-bond donors (Lipinski definition) is 1. The van der Waals surface area contributed by atoms with E-state index in [4.69, 9.17) is 0 Å². The lowest BCUT2D eigenvalue weighted by Gasteiger charge is -2.01. The Bertz CT molecular complexity index is 87.8. The molecule has 0 atom stereocenters. The highest BCUT2D eigenvalue weighted by molar-refractivity contribution is 5.66. The minimum absolute atomic E-state index is 0. The molecule has 0 saturated heterocycles. The van der Waals surface area contributed by atoms with Gasteiger partial charge in [0.25, 0.3) is 0 Å². The Balaban J connectivity index is 0. The summed E-state index contributed by atoms with van der Waals surface area (Å²) in [7, 11) is 0. The fraction of sp³-hybridized carbons (Fsp3) is 0.833. The molecule has 56 valence electrons. The molecule has 9 heavy (non-hydrogen) atoms. The minimum atomic E-state index is -0.320. The lowest BCUT2D eigenvalue weighted by atomic mass is 10.5. The number of amides is 1. The molecule has 0 unspecified atom stereocenters. The zero-order valence-electron chi connectivity index (χ0n) is 5.94. The molecule has 0 spiro atoms. The molecule has 3 nitrogen and oxygen atoms in total. The number of hydrogen-bond acceptors (Lipinski definition) is 2. The lowest BCUT2D eigenvalue weighted by molar-refractivity contribution is 0.147. The molecule has 0 rings (SSSR count). The zero-order chi connectivity index (χ0) is 7.11. The molecule has 0 aromatic rings. The number of carbonyl (C=O) groups is 1. The Morgan fingerprint density at radius 3 is 2.78 bits per heavy atom. The summed E-state index contributed by atoms with van der Waals surface area (Å²) < 4.78 is 4.68. The van der Waals surface area contributed by atoms with Crippen LogP contribution in [0.3, 0.4) is 0 Å². The molecule has 0 radical (unpaired) electrons. The van der Waals surface area contributed by atoms with Gasteiger partial charge in [0.15, 0.2) is 0 Å². The summed E-state index contributed by atoms with van der Waals surface area (Å²) >= 11 is 0. The van der Waals surface area contributed by atoms with Crippen molar-refractivity contribution in [3.63, 3.8) is 0 Å². The quantitative estimate of drug-likeness (QED) is 0.631. The average Bonchev–Trinajstić information content (AvgIpc) is 1.85. The average molecular weight is 133 g/mol. The second kappa shape index (κ2) is 5.41. The van der Waals surface area contributed by atoms with E-state index in [0.717, 1.165) is 6.42 Å².